The van der Waals surface area contributed by atoms with Crippen molar-refractivity contribution in [1.29, 1.82) is 0 Å². The highest BCUT2D eigenvalue weighted by atomic mass is 16.9. The standard InChI is InChI=1S/C20H28O7/c1-11(21)6-7-12-8-9-13(22-12)10-14-15-16(25-19(2,3)24-15)17-18(23-14)27-20(4,5)26-17/h8-9,14-18H,6-7,10H2,1-5H3/t14-,15+,16+,17-,18-/m1/s1. The molecule has 0 saturated carbocycles. The Bertz CT molecular complexity index is 707. The zero-order valence-corrected chi connectivity index (χ0v) is 16.5. The normalized spacial score (nSPS) is 36.4. The van der Waals surface area contributed by atoms with Gasteiger partial charge in [0.05, 0.1) is 6.10 Å². The van der Waals surface area contributed by atoms with Crippen LogP contribution in [-0.4, -0.2) is 48.1 Å². The average molecular weight is 380 g/mol. The van der Waals surface area contributed by atoms with Crippen LogP contribution in [0.15, 0.2) is 16.5 Å². The minimum absolute atomic E-state index is 0.150. The van der Waals surface area contributed by atoms with E-state index < -0.39 is 17.9 Å². The van der Waals surface area contributed by atoms with E-state index in [1.165, 1.54) is 0 Å². The first-order valence-electron chi connectivity index (χ1n) is 9.56. The van der Waals surface area contributed by atoms with Crippen LogP contribution >= 0.6 is 0 Å². The second-order valence-corrected chi connectivity index (χ2v) is 8.48. The Morgan fingerprint density at radius 1 is 0.926 bits per heavy atom. The topological polar surface area (TPSA) is 76.4 Å². The molecule has 5 atom stereocenters. The van der Waals surface area contributed by atoms with Crippen molar-refractivity contribution in [3.05, 3.63) is 23.7 Å². The quantitative estimate of drug-likeness (QED) is 0.777. The molecule has 0 N–H and O–H groups in total. The fourth-order valence-corrected chi connectivity index (χ4v) is 4.02. The molecule has 0 unspecified atom stereocenters. The third-order valence-corrected chi connectivity index (χ3v) is 5.09. The van der Waals surface area contributed by atoms with Gasteiger partial charge in [0.25, 0.3) is 0 Å². The number of fused-ring (bicyclic) bond motifs is 3. The van der Waals surface area contributed by atoms with E-state index in [9.17, 15) is 4.79 Å². The lowest BCUT2D eigenvalue weighted by atomic mass is 9.96. The van der Waals surface area contributed by atoms with E-state index in [0.29, 0.717) is 19.3 Å². The molecular formula is C20H28O7. The summed E-state index contributed by atoms with van der Waals surface area (Å²) >= 11 is 0. The second-order valence-electron chi connectivity index (χ2n) is 8.48. The van der Waals surface area contributed by atoms with Crippen LogP contribution in [0.4, 0.5) is 0 Å². The molecule has 0 amide bonds. The highest BCUT2D eigenvalue weighted by molar-refractivity contribution is 5.75. The highest BCUT2D eigenvalue weighted by Gasteiger charge is 2.60. The van der Waals surface area contributed by atoms with Crippen LogP contribution in [0.3, 0.4) is 0 Å². The van der Waals surface area contributed by atoms with Gasteiger partial charge in [-0.05, 0) is 46.8 Å². The molecule has 4 heterocycles. The van der Waals surface area contributed by atoms with Crippen molar-refractivity contribution in [3.8, 4) is 0 Å². The van der Waals surface area contributed by atoms with Crippen molar-refractivity contribution < 1.29 is 32.9 Å². The van der Waals surface area contributed by atoms with Crippen molar-refractivity contribution in [2.75, 3.05) is 0 Å². The lowest BCUT2D eigenvalue weighted by Gasteiger charge is -2.37. The maximum Gasteiger partial charge on any atom is 0.190 e. The van der Waals surface area contributed by atoms with Crippen LogP contribution in [0.25, 0.3) is 0 Å². The van der Waals surface area contributed by atoms with Gasteiger partial charge in [0.2, 0.25) is 0 Å². The largest absolute Gasteiger partial charge is 0.466 e. The number of carbonyl (C=O) groups excluding carboxylic acids is 1. The Hall–Kier alpha value is -1.25. The molecule has 150 valence electrons. The van der Waals surface area contributed by atoms with Gasteiger partial charge in [-0.25, -0.2) is 0 Å². The molecule has 0 radical (unpaired) electrons. The first-order valence-corrected chi connectivity index (χ1v) is 9.56. The van der Waals surface area contributed by atoms with E-state index in [2.05, 4.69) is 0 Å². The first-order chi connectivity index (χ1) is 12.6. The van der Waals surface area contributed by atoms with Crippen LogP contribution in [0.5, 0.6) is 0 Å². The Balaban J connectivity index is 1.50. The molecule has 3 aliphatic heterocycles. The first kappa shape index (κ1) is 19.1. The molecule has 1 aromatic rings. The van der Waals surface area contributed by atoms with E-state index in [0.717, 1.165) is 11.5 Å². The summed E-state index contributed by atoms with van der Waals surface area (Å²) in [6, 6.07) is 3.84. The second kappa shape index (κ2) is 6.67. The van der Waals surface area contributed by atoms with Gasteiger partial charge in [-0.2, -0.15) is 0 Å². The third kappa shape index (κ3) is 3.98. The predicted molar refractivity (Wildman–Crippen MR) is 93.9 cm³/mol. The van der Waals surface area contributed by atoms with Crippen molar-refractivity contribution in [2.24, 2.45) is 0 Å². The lowest BCUT2D eigenvalue weighted by Crippen LogP contribution is -2.55. The van der Waals surface area contributed by atoms with E-state index in [4.69, 9.17) is 28.1 Å². The monoisotopic (exact) mass is 380 g/mol. The van der Waals surface area contributed by atoms with Crippen LogP contribution < -0.4 is 0 Å². The summed E-state index contributed by atoms with van der Waals surface area (Å²) < 4.78 is 36.3. The van der Waals surface area contributed by atoms with Gasteiger partial charge >= 0.3 is 0 Å². The van der Waals surface area contributed by atoms with Crippen molar-refractivity contribution >= 4 is 5.78 Å². The minimum atomic E-state index is -0.727. The zero-order valence-electron chi connectivity index (χ0n) is 16.5. The molecule has 4 rings (SSSR count). The molecule has 27 heavy (non-hydrogen) atoms. The average Bonchev–Trinajstić information content (AvgIpc) is 3.19. The Labute approximate surface area is 159 Å². The summed E-state index contributed by atoms with van der Waals surface area (Å²) in [5, 5.41) is 0. The van der Waals surface area contributed by atoms with E-state index in [-0.39, 0.29) is 30.2 Å². The Morgan fingerprint density at radius 2 is 1.56 bits per heavy atom. The zero-order chi connectivity index (χ0) is 19.4. The van der Waals surface area contributed by atoms with Crippen molar-refractivity contribution in [1.82, 2.24) is 0 Å². The molecule has 0 aliphatic carbocycles. The number of aryl methyl sites for hydroxylation is 1. The molecule has 3 saturated heterocycles. The van der Waals surface area contributed by atoms with Crippen LogP contribution in [-0.2, 0) is 41.3 Å². The number of ether oxygens (including phenoxy) is 5. The number of furan rings is 1. The van der Waals surface area contributed by atoms with Gasteiger partial charge in [0.15, 0.2) is 17.9 Å². The van der Waals surface area contributed by atoms with Crippen LogP contribution in [0, 0.1) is 0 Å². The lowest BCUT2D eigenvalue weighted by molar-refractivity contribution is -0.233. The van der Waals surface area contributed by atoms with E-state index >= 15 is 0 Å². The molecule has 1 aromatic heterocycles. The minimum Gasteiger partial charge on any atom is -0.466 e. The van der Waals surface area contributed by atoms with Gasteiger partial charge < -0.3 is 32.9 Å². The van der Waals surface area contributed by atoms with Crippen molar-refractivity contribution in [3.63, 3.8) is 0 Å². The molecule has 7 nitrogen and oxygen atoms in total. The number of carbonyl (C=O) groups is 1. The SMILES string of the molecule is CC(=O)CCc1ccc(C[C@H]2O[C@@H]3OC(C)(C)O[C@@H]3[C@H]3OC(C)(C)O[C@H]32)o1. The maximum absolute atomic E-state index is 11.2. The molecule has 7 heteroatoms. The van der Waals surface area contributed by atoms with Crippen molar-refractivity contribution in [2.45, 2.75) is 96.2 Å². The number of hydrogen-bond donors (Lipinski definition) is 0. The fraction of sp³-hybridized carbons (Fsp3) is 0.750. The Kier molecular flexibility index (Phi) is 4.71. The van der Waals surface area contributed by atoms with Gasteiger partial charge in [-0.15, -0.1) is 0 Å². The number of ketones is 1. The summed E-state index contributed by atoms with van der Waals surface area (Å²) in [4.78, 5) is 11.2. The number of Topliss-reactive ketones (excluding diaryl/α,β-unsaturated/α-hetero) is 1. The summed E-state index contributed by atoms with van der Waals surface area (Å²) in [5.41, 5.74) is 0. The summed E-state index contributed by atoms with van der Waals surface area (Å²) in [6.45, 7) is 9.11. The highest BCUT2D eigenvalue weighted by Crippen LogP contribution is 2.44. The predicted octanol–water partition coefficient (Wildman–Crippen LogP) is 2.74. The third-order valence-electron chi connectivity index (χ3n) is 5.09. The van der Waals surface area contributed by atoms with Gasteiger partial charge in [0.1, 0.15) is 35.6 Å². The smallest absolute Gasteiger partial charge is 0.190 e. The molecule has 0 bridgehead atoms. The van der Waals surface area contributed by atoms with Gasteiger partial charge in [-0.1, -0.05) is 0 Å². The van der Waals surface area contributed by atoms with Crippen LogP contribution in [0.1, 0.15) is 52.6 Å². The molecule has 0 spiro atoms. The molecule has 3 fully saturated rings. The summed E-state index contributed by atoms with van der Waals surface area (Å²) in [6.07, 6.45) is -0.0262. The van der Waals surface area contributed by atoms with Gasteiger partial charge in [0, 0.05) is 19.3 Å². The maximum atomic E-state index is 11.2. The van der Waals surface area contributed by atoms with E-state index in [1.54, 1.807) is 6.92 Å². The summed E-state index contributed by atoms with van der Waals surface area (Å²) in [5.74, 6) is 0.308. The molecule has 0 aromatic carbocycles. The molecule has 3 aliphatic rings. The number of rotatable bonds is 5. The fourth-order valence-electron chi connectivity index (χ4n) is 4.02. The molecular weight excluding hydrogens is 352 g/mol. The Morgan fingerprint density at radius 3 is 2.30 bits per heavy atom. The van der Waals surface area contributed by atoms with Gasteiger partial charge in [-0.3, -0.25) is 0 Å². The number of hydrogen-bond acceptors (Lipinski definition) is 7. The summed E-state index contributed by atoms with van der Waals surface area (Å²) in [7, 11) is 0. The van der Waals surface area contributed by atoms with E-state index in [1.807, 2.05) is 39.8 Å². The van der Waals surface area contributed by atoms with Crippen LogP contribution in [0.2, 0.25) is 0 Å².